The zero-order valence-electron chi connectivity index (χ0n) is 16.6. The molecule has 14 heteroatoms. The Bertz CT molecular complexity index is 1130. The van der Waals surface area contributed by atoms with Gasteiger partial charge in [0.1, 0.15) is 11.3 Å². The lowest BCUT2D eigenvalue weighted by atomic mass is 10.1. The fourth-order valence-corrected chi connectivity index (χ4v) is 4.14. The minimum atomic E-state index is -5.04. The van der Waals surface area contributed by atoms with E-state index in [2.05, 4.69) is 15.2 Å². The molecule has 1 aliphatic carbocycles. The number of nitrogens with two attached hydrogens (primary N) is 1. The number of alkyl halides is 5. The number of nitrogens with one attached hydrogen (secondary N) is 1. The molecule has 1 amide bonds. The predicted octanol–water partition coefficient (Wildman–Crippen LogP) is 3.25. The van der Waals surface area contributed by atoms with Crippen molar-refractivity contribution in [3.8, 4) is 5.88 Å². The molecule has 3 rings (SSSR count). The second-order valence-electron chi connectivity index (χ2n) is 7.40. The molecule has 0 spiro atoms. The van der Waals surface area contributed by atoms with E-state index in [4.69, 9.17) is 5.14 Å². The molecule has 0 bridgehead atoms. The van der Waals surface area contributed by atoms with Crippen LogP contribution in [0.4, 0.5) is 27.6 Å². The number of primary sulfonamides is 1. The van der Waals surface area contributed by atoms with Crippen molar-refractivity contribution in [3.05, 3.63) is 35.5 Å². The minimum Gasteiger partial charge on any atom is -0.479 e. The third kappa shape index (κ3) is 5.18. The van der Waals surface area contributed by atoms with Crippen LogP contribution in [-0.2, 0) is 22.7 Å². The first kappa shape index (κ1) is 23.9. The van der Waals surface area contributed by atoms with Crippen LogP contribution in [0.15, 0.2) is 29.2 Å². The van der Waals surface area contributed by atoms with Gasteiger partial charge in [-0.1, -0.05) is 6.07 Å². The van der Waals surface area contributed by atoms with Gasteiger partial charge in [-0.25, -0.2) is 22.3 Å². The van der Waals surface area contributed by atoms with Crippen molar-refractivity contribution in [3.63, 3.8) is 0 Å². The van der Waals surface area contributed by atoms with Crippen molar-refractivity contribution < 1.29 is 39.9 Å². The van der Waals surface area contributed by atoms with Crippen molar-refractivity contribution in [2.75, 3.05) is 12.4 Å². The van der Waals surface area contributed by atoms with E-state index in [-0.39, 0.29) is 23.5 Å². The second-order valence-corrected chi connectivity index (χ2v) is 8.97. The molecule has 1 aromatic heterocycles. The van der Waals surface area contributed by atoms with Crippen LogP contribution < -0.4 is 15.2 Å². The molecular formula is C18H19F5N4O4S. The van der Waals surface area contributed by atoms with E-state index < -0.39 is 63.9 Å². The zero-order chi connectivity index (χ0) is 23.9. The van der Waals surface area contributed by atoms with Gasteiger partial charge in [0.15, 0.2) is 0 Å². The summed E-state index contributed by atoms with van der Waals surface area (Å²) >= 11 is 0. The summed E-state index contributed by atoms with van der Waals surface area (Å²) in [5, 5.41) is 10.9. The first-order chi connectivity index (χ1) is 14.7. The molecule has 2 aromatic rings. The summed E-state index contributed by atoms with van der Waals surface area (Å²) in [5.41, 5.74) is -2.55. The molecule has 176 valence electrons. The van der Waals surface area contributed by atoms with Gasteiger partial charge in [0, 0.05) is 25.1 Å². The molecule has 32 heavy (non-hydrogen) atoms. The Labute approximate surface area is 179 Å². The average Bonchev–Trinajstić information content (AvgIpc) is 3.20. The van der Waals surface area contributed by atoms with E-state index in [0.717, 1.165) is 19.2 Å². The Kier molecular flexibility index (Phi) is 6.21. The maximum absolute atomic E-state index is 13.7. The lowest BCUT2D eigenvalue weighted by Gasteiger charge is -2.15. The second kappa shape index (κ2) is 8.31. The van der Waals surface area contributed by atoms with Crippen LogP contribution >= 0.6 is 0 Å². The highest BCUT2D eigenvalue weighted by molar-refractivity contribution is 7.89. The highest BCUT2D eigenvalue weighted by atomic mass is 32.2. The van der Waals surface area contributed by atoms with Crippen LogP contribution in [0.5, 0.6) is 5.88 Å². The third-order valence-electron chi connectivity index (χ3n) is 4.97. The molecule has 1 fully saturated rings. The van der Waals surface area contributed by atoms with Crippen molar-refractivity contribution >= 4 is 21.6 Å². The Morgan fingerprint density at radius 3 is 2.59 bits per heavy atom. The number of halogens is 5. The van der Waals surface area contributed by atoms with E-state index in [0.29, 0.717) is 4.68 Å². The Morgan fingerprint density at radius 1 is 1.38 bits per heavy atom. The fraction of sp³-hybridized carbons (Fsp3) is 0.444. The SMILES string of the molecule is COc1nn(CC2CCC(F)(F)C2)c(C(=O)Nc2cccc(S(N)(=O)=O)c2)c1C(F)(F)F. The van der Waals surface area contributed by atoms with Crippen LogP contribution in [0.1, 0.15) is 35.3 Å². The van der Waals surface area contributed by atoms with Gasteiger partial charge in [0.25, 0.3) is 5.91 Å². The number of methoxy groups -OCH3 is 1. The van der Waals surface area contributed by atoms with Gasteiger partial charge in [-0.05, 0) is 30.5 Å². The van der Waals surface area contributed by atoms with Gasteiger partial charge in [0.2, 0.25) is 21.8 Å². The molecule has 1 saturated carbocycles. The third-order valence-corrected chi connectivity index (χ3v) is 5.88. The smallest absolute Gasteiger partial charge is 0.423 e. The topological polar surface area (TPSA) is 116 Å². The first-order valence-corrected chi connectivity index (χ1v) is 10.8. The number of anilines is 1. The summed E-state index contributed by atoms with van der Waals surface area (Å²) in [7, 11) is -3.20. The average molecular weight is 482 g/mol. The van der Waals surface area contributed by atoms with Crippen molar-refractivity contribution in [2.45, 2.75) is 42.8 Å². The minimum absolute atomic E-state index is 0.0496. The molecular weight excluding hydrogens is 463 g/mol. The predicted molar refractivity (Wildman–Crippen MR) is 102 cm³/mol. The van der Waals surface area contributed by atoms with Gasteiger partial charge >= 0.3 is 6.18 Å². The van der Waals surface area contributed by atoms with Gasteiger partial charge in [-0.2, -0.15) is 13.2 Å². The Morgan fingerprint density at radius 2 is 2.06 bits per heavy atom. The van der Waals surface area contributed by atoms with Crippen LogP contribution in [-0.4, -0.2) is 37.1 Å². The normalized spacial score (nSPS) is 18.5. The van der Waals surface area contributed by atoms with Crippen molar-refractivity contribution in [1.29, 1.82) is 0 Å². The monoisotopic (exact) mass is 482 g/mol. The number of carbonyl (C=O) groups is 1. The van der Waals surface area contributed by atoms with Gasteiger partial charge in [0.05, 0.1) is 12.0 Å². The molecule has 0 radical (unpaired) electrons. The maximum atomic E-state index is 13.7. The molecule has 1 unspecified atom stereocenters. The summed E-state index contributed by atoms with van der Waals surface area (Å²) in [6, 6.07) is 4.59. The van der Waals surface area contributed by atoms with Crippen molar-refractivity contribution in [2.24, 2.45) is 11.1 Å². The van der Waals surface area contributed by atoms with Crippen LogP contribution in [0.2, 0.25) is 0 Å². The van der Waals surface area contributed by atoms with Crippen LogP contribution in [0.3, 0.4) is 0 Å². The molecule has 0 aliphatic heterocycles. The van der Waals surface area contributed by atoms with E-state index >= 15 is 0 Å². The highest BCUT2D eigenvalue weighted by Gasteiger charge is 2.45. The van der Waals surface area contributed by atoms with Crippen LogP contribution in [0.25, 0.3) is 0 Å². The number of sulfonamides is 1. The summed E-state index contributed by atoms with van der Waals surface area (Å²) in [6.45, 7) is -0.359. The fourth-order valence-electron chi connectivity index (χ4n) is 3.58. The molecule has 1 aromatic carbocycles. The van der Waals surface area contributed by atoms with Gasteiger partial charge < -0.3 is 10.1 Å². The number of ether oxygens (including phenoxy) is 1. The number of aromatic nitrogens is 2. The Balaban J connectivity index is 2.01. The number of hydrogen-bond donors (Lipinski definition) is 2. The number of nitrogens with zero attached hydrogens (tertiary/aromatic N) is 2. The highest BCUT2D eigenvalue weighted by Crippen LogP contribution is 2.42. The maximum Gasteiger partial charge on any atom is 0.423 e. The number of rotatable bonds is 6. The van der Waals surface area contributed by atoms with E-state index in [1.165, 1.54) is 12.1 Å². The molecule has 1 heterocycles. The molecule has 1 atom stereocenters. The first-order valence-electron chi connectivity index (χ1n) is 9.25. The van der Waals surface area contributed by atoms with E-state index in [1.807, 2.05) is 0 Å². The Hall–Kier alpha value is -2.74. The lowest BCUT2D eigenvalue weighted by molar-refractivity contribution is -0.139. The molecule has 3 N–H and O–H groups in total. The lowest BCUT2D eigenvalue weighted by Crippen LogP contribution is -2.24. The molecule has 0 saturated heterocycles. The van der Waals surface area contributed by atoms with Crippen molar-refractivity contribution in [1.82, 2.24) is 9.78 Å². The summed E-state index contributed by atoms with van der Waals surface area (Å²) < 4.78 is 96.7. The number of hydrogen-bond acceptors (Lipinski definition) is 5. The number of carbonyl (C=O) groups excluding carboxylic acids is 1. The standard InChI is InChI=1S/C18H19F5N4O4S/c1-31-16-13(18(21,22)23)14(27(26-16)9-10-5-6-17(19,20)8-10)15(28)25-11-3-2-4-12(7-11)32(24,29)30/h2-4,7,10H,5-6,8-9H2,1H3,(H,25,28)(H2,24,29,30). The van der Waals surface area contributed by atoms with E-state index in [1.54, 1.807) is 0 Å². The summed E-state index contributed by atoms with van der Waals surface area (Å²) in [5.74, 6) is -5.80. The van der Waals surface area contributed by atoms with Crippen LogP contribution in [0, 0.1) is 5.92 Å². The summed E-state index contributed by atoms with van der Waals surface area (Å²) in [4.78, 5) is 12.5. The summed E-state index contributed by atoms with van der Waals surface area (Å²) in [6.07, 6.45) is -5.95. The number of benzene rings is 1. The molecule has 1 aliphatic rings. The molecule has 8 nitrogen and oxygen atoms in total. The van der Waals surface area contributed by atoms with Gasteiger partial charge in [-0.15, -0.1) is 5.10 Å². The van der Waals surface area contributed by atoms with E-state index in [9.17, 15) is 35.2 Å². The largest absolute Gasteiger partial charge is 0.479 e. The quantitative estimate of drug-likeness (QED) is 0.614. The zero-order valence-corrected chi connectivity index (χ0v) is 17.4. The van der Waals surface area contributed by atoms with Gasteiger partial charge in [-0.3, -0.25) is 9.48 Å². The number of amides is 1.